The van der Waals surface area contributed by atoms with Crippen molar-refractivity contribution >= 4 is 13.2 Å². The van der Waals surface area contributed by atoms with E-state index in [1.54, 1.807) is 6.92 Å². The molecule has 1 rings (SSSR count). The summed E-state index contributed by atoms with van der Waals surface area (Å²) in [5.74, 6) is 0. The van der Waals surface area contributed by atoms with Gasteiger partial charge < -0.3 is 6.26 Å². The van der Waals surface area contributed by atoms with Gasteiger partial charge in [0, 0.05) is 6.92 Å². The van der Waals surface area contributed by atoms with Gasteiger partial charge in [0.1, 0.15) is 13.3 Å². The number of hydrogen-bond donors (Lipinski definition) is 2. The molecule has 0 saturated heterocycles. The Labute approximate surface area is 120 Å². The van der Waals surface area contributed by atoms with Crippen molar-refractivity contribution in [3.63, 3.8) is 0 Å². The van der Waals surface area contributed by atoms with Gasteiger partial charge in [-0.25, -0.2) is 9.79 Å². The zero-order valence-corrected chi connectivity index (χ0v) is 12.7. The van der Waals surface area contributed by atoms with Crippen molar-refractivity contribution in [2.45, 2.75) is 13.5 Å². The van der Waals surface area contributed by atoms with E-state index in [9.17, 15) is 9.79 Å². The first-order valence-electron chi connectivity index (χ1n) is 4.53. The van der Waals surface area contributed by atoms with Crippen LogP contribution in [0.2, 0.25) is 0 Å². The van der Waals surface area contributed by atoms with E-state index in [-0.39, 0.29) is 36.4 Å². The molecule has 0 amide bonds. The van der Waals surface area contributed by atoms with Crippen molar-refractivity contribution in [2.24, 2.45) is 5.16 Å². The average Bonchev–Trinajstić information content (AvgIpc) is 2.18. The average molecular weight is 252 g/mol. The van der Waals surface area contributed by atoms with Gasteiger partial charge in [-0.05, 0) is 10.7 Å². The third-order valence-corrected chi connectivity index (χ3v) is 3.19. The Morgan fingerprint density at radius 1 is 1.38 bits per heavy atom. The predicted molar refractivity (Wildman–Crippen MR) is 62.7 cm³/mol. The molecule has 84 valence electrons. The van der Waals surface area contributed by atoms with E-state index in [1.165, 1.54) is 6.66 Å². The Morgan fingerprint density at radius 3 is 2.44 bits per heavy atom. The molecular formula is C10H16NNaO3P+. The van der Waals surface area contributed by atoms with Crippen molar-refractivity contribution in [2.75, 3.05) is 6.66 Å². The minimum atomic E-state index is -3.00. The molecule has 0 aliphatic carbocycles. The Morgan fingerprint density at radius 2 is 1.94 bits per heavy atom. The summed E-state index contributed by atoms with van der Waals surface area (Å²) in [4.78, 5) is 23.5. The summed E-state index contributed by atoms with van der Waals surface area (Å²) in [5.41, 5.74) is 1.23. The fourth-order valence-electron chi connectivity index (χ4n) is 0.852. The smallest absolute Gasteiger partial charge is 1.00 e. The number of benzene rings is 1. The van der Waals surface area contributed by atoms with Gasteiger partial charge >= 0.3 is 37.3 Å². The van der Waals surface area contributed by atoms with Gasteiger partial charge in [0.05, 0.1) is 0 Å². The molecule has 16 heavy (non-hydrogen) atoms. The van der Waals surface area contributed by atoms with Gasteiger partial charge in [-0.1, -0.05) is 30.3 Å². The van der Waals surface area contributed by atoms with Crippen LogP contribution in [0, 0.1) is 0 Å². The maximum atomic E-state index is 9.24. The molecule has 2 N–H and O–H groups in total. The van der Waals surface area contributed by atoms with Crippen LogP contribution < -0.4 is 29.6 Å². The largest absolute Gasteiger partial charge is 1.00 e. The van der Waals surface area contributed by atoms with Gasteiger partial charge in [-0.2, -0.15) is 0 Å². The summed E-state index contributed by atoms with van der Waals surface area (Å²) >= 11 is 0. The second kappa shape index (κ2) is 7.38. The molecule has 0 bridgehead atoms. The number of hydrogen-bond acceptors (Lipinski definition) is 4. The van der Waals surface area contributed by atoms with Crippen LogP contribution in [0.3, 0.4) is 0 Å². The second-order valence-corrected chi connectivity index (χ2v) is 5.78. The minimum Gasteiger partial charge on any atom is -1.00 e. The molecule has 4 nitrogen and oxygen atoms in total. The van der Waals surface area contributed by atoms with Crippen molar-refractivity contribution < 1.29 is 45.6 Å². The molecular weight excluding hydrogens is 236 g/mol. The van der Waals surface area contributed by atoms with Crippen molar-refractivity contribution in [1.29, 1.82) is 0 Å². The topological polar surface area (TPSA) is 62.0 Å². The van der Waals surface area contributed by atoms with Gasteiger partial charge in [-0.3, -0.25) is 0 Å². The van der Waals surface area contributed by atoms with E-state index >= 15 is 0 Å². The van der Waals surface area contributed by atoms with E-state index in [0.29, 0.717) is 6.61 Å². The Bertz CT molecular complexity index is 343. The molecule has 0 radical (unpaired) electrons. The Hall–Kier alpha value is 0.0400. The quantitative estimate of drug-likeness (QED) is 0.316. The summed E-state index contributed by atoms with van der Waals surface area (Å²) in [6.45, 7) is 3.22. The molecule has 0 aromatic heterocycles. The van der Waals surface area contributed by atoms with Crippen LogP contribution in [-0.2, 0) is 11.4 Å². The van der Waals surface area contributed by atoms with Crippen molar-refractivity contribution in [3.8, 4) is 0 Å². The third kappa shape index (κ3) is 5.94. The third-order valence-electron chi connectivity index (χ3n) is 1.88. The molecule has 0 aliphatic heterocycles. The summed E-state index contributed by atoms with van der Waals surface area (Å²) in [6.07, 6.45) is 0. The monoisotopic (exact) mass is 252 g/mol. The van der Waals surface area contributed by atoms with Gasteiger partial charge in [0.25, 0.3) is 5.45 Å². The van der Waals surface area contributed by atoms with Crippen LogP contribution in [0.25, 0.3) is 0 Å². The van der Waals surface area contributed by atoms with Crippen LogP contribution in [-0.4, -0.2) is 21.9 Å². The van der Waals surface area contributed by atoms with E-state index in [2.05, 4.69) is 5.16 Å². The summed E-state index contributed by atoms with van der Waals surface area (Å²) in [5, 5.41) is 3.66. The molecule has 0 aliphatic rings. The predicted octanol–water partition coefficient (Wildman–Crippen LogP) is -0.885. The van der Waals surface area contributed by atoms with Crippen LogP contribution in [0.5, 0.6) is 0 Å². The minimum absolute atomic E-state index is 0. The Kier molecular flexibility index (Phi) is 7.40. The standard InChI is InChI=1S/C10H15NO3P.Na.H/c1-9(15(2,12)13)11-14-8-10-6-4-3-5-7-10;;/h3-7,12-13H,8H2,1-2H3;;/q2*+1;-1. The first-order chi connectivity index (χ1) is 7.00. The van der Waals surface area contributed by atoms with E-state index in [1.807, 2.05) is 30.3 Å². The molecule has 0 unspecified atom stereocenters. The molecule has 6 heteroatoms. The molecule has 0 fully saturated rings. The zero-order valence-electron chi connectivity index (χ0n) is 10.8. The van der Waals surface area contributed by atoms with Crippen LogP contribution in [0.15, 0.2) is 35.5 Å². The van der Waals surface area contributed by atoms with Crippen molar-refractivity contribution in [1.82, 2.24) is 0 Å². The molecule has 0 heterocycles. The number of nitrogens with zero attached hydrogens (tertiary/aromatic N) is 1. The second-order valence-electron chi connectivity index (χ2n) is 3.31. The maximum absolute atomic E-state index is 9.24. The van der Waals surface area contributed by atoms with E-state index in [0.717, 1.165) is 5.56 Å². The summed E-state index contributed by atoms with van der Waals surface area (Å²) < 4.78 is 0. The normalized spacial score (nSPS) is 11.9. The molecule has 1 aromatic rings. The van der Waals surface area contributed by atoms with Gasteiger partial charge in [-0.15, -0.1) is 0 Å². The summed E-state index contributed by atoms with van der Waals surface area (Å²) in [7, 11) is -3.00. The van der Waals surface area contributed by atoms with Gasteiger partial charge in [0.15, 0.2) is 0 Å². The van der Waals surface area contributed by atoms with Gasteiger partial charge in [0.2, 0.25) is 0 Å². The van der Waals surface area contributed by atoms with Crippen molar-refractivity contribution in [3.05, 3.63) is 35.9 Å². The fourth-order valence-corrected chi connectivity index (χ4v) is 1.06. The fraction of sp³-hybridized carbons (Fsp3) is 0.300. The number of rotatable bonds is 4. The Balaban J connectivity index is 0. The molecule has 0 saturated carbocycles. The molecule has 0 spiro atoms. The maximum Gasteiger partial charge on any atom is 1.00 e. The van der Waals surface area contributed by atoms with Crippen LogP contribution >= 0.6 is 7.72 Å². The van der Waals surface area contributed by atoms with Crippen LogP contribution in [0.1, 0.15) is 13.9 Å². The summed E-state index contributed by atoms with van der Waals surface area (Å²) in [6, 6.07) is 9.56. The zero-order chi connectivity index (χ0) is 11.3. The van der Waals surface area contributed by atoms with E-state index < -0.39 is 7.72 Å². The molecule has 0 atom stereocenters. The SMILES string of the molecule is CC(=NOCc1ccccc1)[P+](C)(O)O.[H-].[Na+]. The number of oxime groups is 1. The van der Waals surface area contributed by atoms with Crippen LogP contribution in [0.4, 0.5) is 0 Å². The molecule has 1 aromatic carbocycles. The first-order valence-corrected chi connectivity index (χ1v) is 6.67. The first kappa shape index (κ1) is 16.0. The van der Waals surface area contributed by atoms with E-state index in [4.69, 9.17) is 4.84 Å².